The highest BCUT2D eigenvalue weighted by Crippen LogP contribution is 2.23. The van der Waals surface area contributed by atoms with E-state index in [1.165, 1.54) is 6.92 Å². The third-order valence-corrected chi connectivity index (χ3v) is 3.68. The topological polar surface area (TPSA) is 71.8 Å². The molecule has 0 aromatic carbocycles. The van der Waals surface area contributed by atoms with Gasteiger partial charge in [-0.3, -0.25) is 4.79 Å². The summed E-state index contributed by atoms with van der Waals surface area (Å²) in [6.07, 6.45) is 1.68. The third kappa shape index (κ3) is 3.39. The molecule has 0 spiro atoms. The van der Waals surface area contributed by atoms with Gasteiger partial charge in [0.1, 0.15) is 12.2 Å². The van der Waals surface area contributed by atoms with Crippen molar-refractivity contribution in [3.05, 3.63) is 28.5 Å². The number of amides is 1. The number of nitrogens with zero attached hydrogens (tertiary/aromatic N) is 3. The van der Waals surface area contributed by atoms with E-state index in [2.05, 4.69) is 20.8 Å². The van der Waals surface area contributed by atoms with Crippen LogP contribution in [0.2, 0.25) is 0 Å². The number of carbonyl (C=O) groups excluding carboxylic acids is 1. The fourth-order valence-electron chi connectivity index (χ4n) is 1.80. The normalized spacial score (nSPS) is 12.4. The Labute approximate surface area is 115 Å². The molecule has 2 rings (SSSR count). The first-order valence-corrected chi connectivity index (χ1v) is 6.87. The van der Waals surface area contributed by atoms with E-state index in [1.807, 2.05) is 30.0 Å². The molecule has 2 N–H and O–H groups in total. The minimum Gasteiger partial charge on any atom is -0.325 e. The van der Waals surface area contributed by atoms with Gasteiger partial charge < -0.3 is 15.2 Å². The summed E-state index contributed by atoms with van der Waals surface area (Å²) in [4.78, 5) is 12.2. The second-order valence-electron chi connectivity index (χ2n) is 4.34. The van der Waals surface area contributed by atoms with Crippen LogP contribution in [-0.4, -0.2) is 20.7 Å². The lowest BCUT2D eigenvalue weighted by atomic mass is 10.3. The lowest BCUT2D eigenvalue weighted by Crippen LogP contribution is -2.21. The van der Waals surface area contributed by atoms with E-state index in [4.69, 9.17) is 0 Å². The number of thiophene rings is 1. The van der Waals surface area contributed by atoms with Crippen molar-refractivity contribution in [2.45, 2.75) is 26.4 Å². The number of hydrogen-bond acceptors (Lipinski definition) is 5. The third-order valence-electron chi connectivity index (χ3n) is 2.76. The summed E-state index contributed by atoms with van der Waals surface area (Å²) in [5, 5.41) is 16.1. The molecule has 102 valence electrons. The van der Waals surface area contributed by atoms with Gasteiger partial charge in [0.05, 0.1) is 11.7 Å². The average molecular weight is 279 g/mol. The van der Waals surface area contributed by atoms with Crippen LogP contribution >= 0.6 is 11.3 Å². The van der Waals surface area contributed by atoms with Crippen LogP contribution in [0, 0.1) is 0 Å². The first-order chi connectivity index (χ1) is 9.08. The molecule has 0 saturated carbocycles. The van der Waals surface area contributed by atoms with E-state index in [0.29, 0.717) is 6.54 Å². The summed E-state index contributed by atoms with van der Waals surface area (Å²) in [6, 6.07) is 2.01. The van der Waals surface area contributed by atoms with Crippen molar-refractivity contribution in [2.75, 3.05) is 5.32 Å². The standard InChI is InChI=1S/C12H17N5OS/c1-8(12-16-14-7-17(12)3)13-6-11-10(4-5-19-11)15-9(2)18/h4-5,7-8,13H,6H2,1-3H3,(H,15,18). The second-order valence-corrected chi connectivity index (χ2v) is 5.34. The summed E-state index contributed by atoms with van der Waals surface area (Å²) in [7, 11) is 1.92. The summed E-state index contributed by atoms with van der Waals surface area (Å²) < 4.78 is 1.89. The molecule has 0 fully saturated rings. The van der Waals surface area contributed by atoms with E-state index in [9.17, 15) is 4.79 Å². The molecule has 1 atom stereocenters. The van der Waals surface area contributed by atoms with Crippen molar-refractivity contribution in [1.82, 2.24) is 20.1 Å². The van der Waals surface area contributed by atoms with Gasteiger partial charge >= 0.3 is 0 Å². The monoisotopic (exact) mass is 279 g/mol. The molecule has 0 saturated heterocycles. The molecule has 0 radical (unpaired) electrons. The van der Waals surface area contributed by atoms with Crippen LogP contribution < -0.4 is 10.6 Å². The Morgan fingerprint density at radius 3 is 3.00 bits per heavy atom. The number of rotatable bonds is 5. The van der Waals surface area contributed by atoms with Crippen LogP contribution in [0.3, 0.4) is 0 Å². The predicted molar refractivity (Wildman–Crippen MR) is 74.9 cm³/mol. The minimum atomic E-state index is -0.0546. The zero-order chi connectivity index (χ0) is 13.8. The second kappa shape index (κ2) is 5.94. The molecule has 6 nitrogen and oxygen atoms in total. The molecule has 1 amide bonds. The van der Waals surface area contributed by atoms with Crippen LogP contribution in [0.1, 0.15) is 30.6 Å². The molecule has 0 aliphatic rings. The van der Waals surface area contributed by atoms with Gasteiger partial charge in [-0.1, -0.05) is 0 Å². The van der Waals surface area contributed by atoms with E-state index >= 15 is 0 Å². The van der Waals surface area contributed by atoms with Gasteiger partial charge in [0.25, 0.3) is 0 Å². The van der Waals surface area contributed by atoms with E-state index in [0.717, 1.165) is 16.4 Å². The number of carbonyl (C=O) groups is 1. The molecule has 2 heterocycles. The highest BCUT2D eigenvalue weighted by Gasteiger charge is 2.12. The van der Waals surface area contributed by atoms with Crippen molar-refractivity contribution < 1.29 is 4.79 Å². The van der Waals surface area contributed by atoms with Crippen molar-refractivity contribution >= 4 is 22.9 Å². The van der Waals surface area contributed by atoms with Gasteiger partial charge in [0.2, 0.25) is 5.91 Å². The number of aromatic nitrogens is 3. The highest BCUT2D eigenvalue weighted by atomic mass is 32.1. The Balaban J connectivity index is 1.97. The molecule has 19 heavy (non-hydrogen) atoms. The van der Waals surface area contributed by atoms with Crippen LogP contribution in [0.15, 0.2) is 17.8 Å². The highest BCUT2D eigenvalue weighted by molar-refractivity contribution is 7.10. The summed E-state index contributed by atoms with van der Waals surface area (Å²) in [6.45, 7) is 4.23. The van der Waals surface area contributed by atoms with Gasteiger partial charge in [0, 0.05) is 25.4 Å². The van der Waals surface area contributed by atoms with Crippen molar-refractivity contribution in [3.8, 4) is 0 Å². The lowest BCUT2D eigenvalue weighted by Gasteiger charge is -2.13. The van der Waals surface area contributed by atoms with Crippen LogP contribution in [0.25, 0.3) is 0 Å². The molecular weight excluding hydrogens is 262 g/mol. The van der Waals surface area contributed by atoms with Crippen LogP contribution in [-0.2, 0) is 18.4 Å². The zero-order valence-corrected chi connectivity index (χ0v) is 12.0. The van der Waals surface area contributed by atoms with E-state index in [1.54, 1.807) is 17.7 Å². The van der Waals surface area contributed by atoms with Crippen LogP contribution in [0.4, 0.5) is 5.69 Å². The number of nitrogens with one attached hydrogen (secondary N) is 2. The van der Waals surface area contributed by atoms with Crippen LogP contribution in [0.5, 0.6) is 0 Å². The Kier molecular flexibility index (Phi) is 4.28. The SMILES string of the molecule is CC(=O)Nc1ccsc1CNC(C)c1nncn1C. The zero-order valence-electron chi connectivity index (χ0n) is 11.2. The van der Waals surface area contributed by atoms with Crippen molar-refractivity contribution in [3.63, 3.8) is 0 Å². The van der Waals surface area contributed by atoms with Gasteiger partial charge in [-0.2, -0.15) is 0 Å². The van der Waals surface area contributed by atoms with Gasteiger partial charge in [-0.05, 0) is 18.4 Å². The fourth-order valence-corrected chi connectivity index (χ4v) is 2.58. The van der Waals surface area contributed by atoms with Crippen molar-refractivity contribution in [1.29, 1.82) is 0 Å². The van der Waals surface area contributed by atoms with E-state index in [-0.39, 0.29) is 11.9 Å². The first-order valence-electron chi connectivity index (χ1n) is 5.99. The maximum Gasteiger partial charge on any atom is 0.221 e. The molecule has 0 aliphatic carbocycles. The molecule has 1 unspecified atom stereocenters. The van der Waals surface area contributed by atoms with E-state index < -0.39 is 0 Å². The Hall–Kier alpha value is -1.73. The number of hydrogen-bond donors (Lipinski definition) is 2. The minimum absolute atomic E-state index is 0.0546. The summed E-state index contributed by atoms with van der Waals surface area (Å²) in [5.41, 5.74) is 0.871. The molecule has 7 heteroatoms. The first kappa shape index (κ1) is 13.7. The summed E-state index contributed by atoms with van der Waals surface area (Å²) >= 11 is 1.61. The Morgan fingerprint density at radius 2 is 2.37 bits per heavy atom. The van der Waals surface area contributed by atoms with Crippen molar-refractivity contribution in [2.24, 2.45) is 7.05 Å². The Morgan fingerprint density at radius 1 is 1.58 bits per heavy atom. The molecule has 0 aliphatic heterocycles. The smallest absolute Gasteiger partial charge is 0.221 e. The fraction of sp³-hybridized carbons (Fsp3) is 0.417. The molecule has 0 bridgehead atoms. The van der Waals surface area contributed by atoms with Gasteiger partial charge in [0.15, 0.2) is 0 Å². The quantitative estimate of drug-likeness (QED) is 0.873. The molecule has 2 aromatic rings. The molecule has 2 aromatic heterocycles. The average Bonchev–Trinajstić information content (AvgIpc) is 2.94. The number of aryl methyl sites for hydroxylation is 1. The van der Waals surface area contributed by atoms with Gasteiger partial charge in [-0.15, -0.1) is 21.5 Å². The predicted octanol–water partition coefficient (Wildman–Crippen LogP) is 1.69. The lowest BCUT2D eigenvalue weighted by molar-refractivity contribution is -0.114. The maximum atomic E-state index is 11.1. The molecular formula is C12H17N5OS. The maximum absolute atomic E-state index is 11.1. The largest absolute Gasteiger partial charge is 0.325 e. The number of anilines is 1. The van der Waals surface area contributed by atoms with Gasteiger partial charge in [-0.25, -0.2) is 0 Å². The summed E-state index contributed by atoms with van der Waals surface area (Å²) in [5.74, 6) is 0.832. The Bertz CT molecular complexity index is 562.